The summed E-state index contributed by atoms with van der Waals surface area (Å²) < 4.78 is 0. The second-order valence-corrected chi connectivity index (χ2v) is 10.4. The van der Waals surface area contributed by atoms with Gasteiger partial charge in [0.2, 0.25) is 5.91 Å². The molecule has 0 fully saturated rings. The van der Waals surface area contributed by atoms with Crippen LogP contribution in [0.5, 0.6) is 0 Å². The SMILES string of the molecule is Cc1ccc(-c2nc(C)sc2CC(=O)N(C)CCN(C)C)c(C)c1.O=C(O)CC(O)(CC(=O)O)C(=O)O. The zero-order valence-electron chi connectivity index (χ0n) is 21.9. The second kappa shape index (κ2) is 13.8. The van der Waals surface area contributed by atoms with E-state index in [1.54, 1.807) is 16.2 Å². The molecule has 0 saturated carbocycles. The van der Waals surface area contributed by atoms with Gasteiger partial charge in [-0.25, -0.2) is 9.78 Å². The number of aliphatic hydroxyl groups is 1. The van der Waals surface area contributed by atoms with Gasteiger partial charge in [-0.3, -0.25) is 14.4 Å². The van der Waals surface area contributed by atoms with Gasteiger partial charge in [0.1, 0.15) is 0 Å². The third kappa shape index (κ3) is 10.3. The second-order valence-electron chi connectivity index (χ2n) is 9.10. The van der Waals surface area contributed by atoms with Crippen LogP contribution in [0.2, 0.25) is 0 Å². The van der Waals surface area contributed by atoms with Gasteiger partial charge in [0.05, 0.1) is 30.0 Å². The molecule has 37 heavy (non-hydrogen) atoms. The number of aryl methyl sites for hydroxylation is 3. The first-order chi connectivity index (χ1) is 17.1. The van der Waals surface area contributed by atoms with Crippen molar-refractivity contribution in [3.8, 4) is 11.3 Å². The summed E-state index contributed by atoms with van der Waals surface area (Å²) in [6.45, 7) is 7.80. The first-order valence-electron chi connectivity index (χ1n) is 11.4. The van der Waals surface area contributed by atoms with Crippen molar-refractivity contribution in [1.82, 2.24) is 14.8 Å². The average molecular weight is 538 g/mol. The Morgan fingerprint density at radius 1 is 0.946 bits per heavy atom. The summed E-state index contributed by atoms with van der Waals surface area (Å²) in [5.41, 5.74) is 1.80. The van der Waals surface area contributed by atoms with E-state index >= 15 is 0 Å². The maximum atomic E-state index is 12.5. The van der Waals surface area contributed by atoms with Crippen molar-refractivity contribution in [2.45, 2.75) is 45.6 Å². The Bertz CT molecular complexity index is 1110. The van der Waals surface area contributed by atoms with E-state index in [9.17, 15) is 19.2 Å². The maximum absolute atomic E-state index is 12.5. The summed E-state index contributed by atoms with van der Waals surface area (Å²) in [6.07, 6.45) is -1.87. The van der Waals surface area contributed by atoms with E-state index in [-0.39, 0.29) is 5.91 Å². The third-order valence-corrected chi connectivity index (χ3v) is 6.32. The van der Waals surface area contributed by atoms with Gasteiger partial charge in [0.25, 0.3) is 0 Å². The van der Waals surface area contributed by atoms with E-state index in [1.165, 1.54) is 11.1 Å². The number of hydrogen-bond donors (Lipinski definition) is 4. The van der Waals surface area contributed by atoms with Gasteiger partial charge in [0.15, 0.2) is 5.60 Å². The van der Waals surface area contributed by atoms with Gasteiger partial charge >= 0.3 is 17.9 Å². The minimum atomic E-state index is -2.74. The van der Waals surface area contributed by atoms with E-state index in [0.717, 1.165) is 34.2 Å². The summed E-state index contributed by atoms with van der Waals surface area (Å²) in [6, 6.07) is 6.38. The first kappa shape index (κ1) is 31.7. The van der Waals surface area contributed by atoms with Gasteiger partial charge < -0.3 is 30.2 Å². The lowest BCUT2D eigenvalue weighted by atomic mass is 9.96. The third-order valence-electron chi connectivity index (χ3n) is 5.35. The Labute approximate surface area is 220 Å². The zero-order chi connectivity index (χ0) is 28.5. The van der Waals surface area contributed by atoms with Crippen molar-refractivity contribution in [2.75, 3.05) is 34.2 Å². The smallest absolute Gasteiger partial charge is 0.336 e. The molecule has 0 aliphatic heterocycles. The lowest BCUT2D eigenvalue weighted by molar-refractivity contribution is -0.170. The van der Waals surface area contributed by atoms with Gasteiger partial charge in [-0.2, -0.15) is 0 Å². The van der Waals surface area contributed by atoms with Crippen LogP contribution in [0.1, 0.15) is 33.9 Å². The molecule has 1 aromatic heterocycles. The van der Waals surface area contributed by atoms with Crippen LogP contribution in [0.3, 0.4) is 0 Å². The van der Waals surface area contributed by atoms with Crippen LogP contribution in [-0.4, -0.2) is 98.9 Å². The highest BCUT2D eigenvalue weighted by molar-refractivity contribution is 7.12. The van der Waals surface area contributed by atoms with Crippen molar-refractivity contribution in [3.63, 3.8) is 0 Å². The predicted molar refractivity (Wildman–Crippen MR) is 139 cm³/mol. The van der Waals surface area contributed by atoms with Gasteiger partial charge in [-0.05, 0) is 40.4 Å². The van der Waals surface area contributed by atoms with Crippen LogP contribution in [-0.2, 0) is 25.6 Å². The summed E-state index contributed by atoms with van der Waals surface area (Å²) in [5, 5.41) is 34.8. The van der Waals surface area contributed by atoms with Crippen molar-refractivity contribution in [2.24, 2.45) is 0 Å². The van der Waals surface area contributed by atoms with E-state index in [2.05, 4.69) is 36.9 Å². The number of nitrogens with zero attached hydrogens (tertiary/aromatic N) is 3. The maximum Gasteiger partial charge on any atom is 0.336 e. The number of rotatable bonds is 11. The minimum absolute atomic E-state index is 0.145. The van der Waals surface area contributed by atoms with Crippen molar-refractivity contribution in [1.29, 1.82) is 0 Å². The standard InChI is InChI=1S/C19H27N3OS.C6H8O7/c1-13-7-8-16(14(2)11-13)19-17(24-15(3)20-19)12-18(23)22(6)10-9-21(4)5;7-3(8)1-6(13,5(11)12)2-4(9)10/h7-8,11H,9-10,12H2,1-6H3;13H,1-2H2,(H,7,8)(H,9,10)(H,11,12). The molecule has 0 saturated heterocycles. The Morgan fingerprint density at radius 2 is 1.51 bits per heavy atom. The highest BCUT2D eigenvalue weighted by Gasteiger charge is 2.40. The van der Waals surface area contributed by atoms with Crippen molar-refractivity contribution < 1.29 is 39.6 Å². The van der Waals surface area contributed by atoms with Crippen LogP contribution >= 0.6 is 11.3 Å². The van der Waals surface area contributed by atoms with E-state index in [0.29, 0.717) is 6.42 Å². The van der Waals surface area contributed by atoms with Crippen LogP contribution in [0.4, 0.5) is 0 Å². The molecule has 1 heterocycles. The highest BCUT2D eigenvalue weighted by atomic mass is 32.1. The van der Waals surface area contributed by atoms with Crippen LogP contribution in [0.15, 0.2) is 18.2 Å². The number of carbonyl (C=O) groups excluding carboxylic acids is 1. The highest BCUT2D eigenvalue weighted by Crippen LogP contribution is 2.31. The van der Waals surface area contributed by atoms with E-state index < -0.39 is 36.4 Å². The molecule has 0 aliphatic rings. The van der Waals surface area contributed by atoms with Gasteiger partial charge in [0, 0.05) is 30.6 Å². The summed E-state index contributed by atoms with van der Waals surface area (Å²) in [7, 11) is 5.91. The lowest BCUT2D eigenvalue weighted by Crippen LogP contribution is -2.42. The average Bonchev–Trinajstić information content (AvgIpc) is 3.10. The fraction of sp³-hybridized carbons (Fsp3) is 0.480. The fourth-order valence-electron chi connectivity index (χ4n) is 3.34. The number of thiazole rings is 1. The fourth-order valence-corrected chi connectivity index (χ4v) is 4.28. The minimum Gasteiger partial charge on any atom is -0.481 e. The Balaban J connectivity index is 0.000000448. The molecule has 12 heteroatoms. The van der Waals surface area contributed by atoms with E-state index in [1.807, 2.05) is 28.1 Å². The molecule has 1 amide bonds. The first-order valence-corrected chi connectivity index (χ1v) is 12.2. The molecule has 0 aliphatic carbocycles. The van der Waals surface area contributed by atoms with Crippen molar-refractivity contribution in [3.05, 3.63) is 39.2 Å². The van der Waals surface area contributed by atoms with Crippen LogP contribution < -0.4 is 0 Å². The molecule has 0 unspecified atom stereocenters. The number of carboxylic acids is 3. The lowest BCUT2D eigenvalue weighted by Gasteiger charge is -2.19. The Hall–Kier alpha value is -3.35. The molecule has 11 nitrogen and oxygen atoms in total. The number of aliphatic carboxylic acids is 3. The molecule has 4 N–H and O–H groups in total. The van der Waals surface area contributed by atoms with E-state index in [4.69, 9.17) is 25.4 Å². The van der Waals surface area contributed by atoms with Gasteiger partial charge in [-0.15, -0.1) is 11.3 Å². The molecule has 0 radical (unpaired) electrons. The largest absolute Gasteiger partial charge is 0.481 e. The number of carboxylic acid groups (broad SMARTS) is 3. The normalized spacial score (nSPS) is 11.0. The number of likely N-dealkylation sites (N-methyl/N-ethyl adjacent to an activating group) is 2. The van der Waals surface area contributed by atoms with Crippen molar-refractivity contribution >= 4 is 35.2 Å². The van der Waals surface area contributed by atoms with Gasteiger partial charge in [-0.1, -0.05) is 23.8 Å². The molecule has 0 spiro atoms. The number of amides is 1. The molecular weight excluding hydrogens is 502 g/mol. The summed E-state index contributed by atoms with van der Waals surface area (Å²) in [5.74, 6) is -4.87. The van der Waals surface area contributed by atoms with Crippen LogP contribution in [0.25, 0.3) is 11.3 Å². The molecule has 2 aromatic rings. The molecule has 2 rings (SSSR count). The quantitative estimate of drug-likeness (QED) is 0.333. The monoisotopic (exact) mass is 537 g/mol. The zero-order valence-corrected chi connectivity index (χ0v) is 22.8. The Kier molecular flexibility index (Phi) is 11.8. The molecule has 204 valence electrons. The number of aromatic nitrogens is 1. The molecule has 0 bridgehead atoms. The predicted octanol–water partition coefficient (Wildman–Crippen LogP) is 2.05. The number of carbonyl (C=O) groups is 4. The number of hydrogen-bond acceptors (Lipinski definition) is 8. The molecule has 1 aromatic carbocycles. The summed E-state index contributed by atoms with van der Waals surface area (Å²) >= 11 is 1.62. The molecule has 0 atom stereocenters. The van der Waals surface area contributed by atoms with Crippen LogP contribution in [0, 0.1) is 20.8 Å². The molecular formula is C25H35N3O8S. The Morgan fingerprint density at radius 3 is 1.97 bits per heavy atom. The summed E-state index contributed by atoms with van der Waals surface area (Å²) in [4.78, 5) is 52.7. The number of benzene rings is 1. The topological polar surface area (TPSA) is 169 Å².